The van der Waals surface area contributed by atoms with Crippen molar-refractivity contribution in [3.8, 4) is 6.07 Å². The van der Waals surface area contributed by atoms with Crippen molar-refractivity contribution in [2.45, 2.75) is 18.2 Å². The van der Waals surface area contributed by atoms with Crippen LogP contribution in [0, 0.1) is 11.3 Å². The van der Waals surface area contributed by atoms with E-state index in [9.17, 15) is 13.2 Å². The van der Waals surface area contributed by atoms with E-state index in [4.69, 9.17) is 16.7 Å². The summed E-state index contributed by atoms with van der Waals surface area (Å²) in [4.78, 5) is 15.1. The second-order valence-electron chi connectivity index (χ2n) is 4.08. The Morgan fingerprint density at radius 3 is 2.40 bits per heavy atom. The molecule has 8 heteroatoms. The maximum absolute atomic E-state index is 11.8. The first-order valence-corrected chi connectivity index (χ1v) is 7.50. The Morgan fingerprint density at radius 2 is 2.00 bits per heavy atom. The van der Waals surface area contributed by atoms with Gasteiger partial charge in [0.2, 0.25) is 0 Å². The zero-order chi connectivity index (χ0) is 15.5. The fourth-order valence-electron chi connectivity index (χ4n) is 1.69. The second-order valence-corrected chi connectivity index (χ2v) is 6.07. The molecule has 0 aliphatic carbocycles. The van der Waals surface area contributed by atoms with Crippen molar-refractivity contribution in [3.05, 3.63) is 28.8 Å². The van der Waals surface area contributed by atoms with E-state index in [2.05, 4.69) is 4.99 Å². The predicted molar refractivity (Wildman–Crippen MR) is 73.8 cm³/mol. The fourth-order valence-corrected chi connectivity index (χ4v) is 2.70. The third kappa shape index (κ3) is 3.33. The molecule has 0 spiro atoms. The molecule has 1 aromatic rings. The predicted octanol–water partition coefficient (Wildman–Crippen LogP) is -0.0622. The fraction of sp³-hybridized carbons (Fsp3) is 0.250. The number of amides is 1. The highest BCUT2D eigenvalue weighted by Crippen LogP contribution is 2.22. The average Bonchev–Trinajstić information content (AvgIpc) is 2.34. The SMILES string of the molecule is CCc1cc(C#N)c(C(=O)N=C(N)N)cc1S(C)(=O)=O. The summed E-state index contributed by atoms with van der Waals surface area (Å²) in [6, 6.07) is 4.34. The van der Waals surface area contributed by atoms with Crippen LogP contribution in [0.15, 0.2) is 22.0 Å². The van der Waals surface area contributed by atoms with Gasteiger partial charge < -0.3 is 11.5 Å². The number of carbonyl (C=O) groups excluding carboxylic acids is 1. The van der Waals surface area contributed by atoms with E-state index in [1.165, 1.54) is 6.07 Å². The second kappa shape index (κ2) is 5.71. The quantitative estimate of drug-likeness (QED) is 0.591. The smallest absolute Gasteiger partial charge is 0.281 e. The third-order valence-electron chi connectivity index (χ3n) is 2.56. The van der Waals surface area contributed by atoms with E-state index in [-0.39, 0.29) is 16.0 Å². The highest BCUT2D eigenvalue weighted by molar-refractivity contribution is 7.90. The summed E-state index contributed by atoms with van der Waals surface area (Å²) in [5.41, 5.74) is 10.6. The van der Waals surface area contributed by atoms with Crippen LogP contribution in [0.2, 0.25) is 0 Å². The molecule has 20 heavy (non-hydrogen) atoms. The number of carbonyl (C=O) groups is 1. The van der Waals surface area contributed by atoms with Gasteiger partial charge >= 0.3 is 0 Å². The summed E-state index contributed by atoms with van der Waals surface area (Å²) in [7, 11) is -3.53. The first-order chi connectivity index (χ1) is 9.20. The number of rotatable bonds is 3. The molecule has 0 aliphatic heterocycles. The van der Waals surface area contributed by atoms with Crippen molar-refractivity contribution in [2.24, 2.45) is 16.5 Å². The monoisotopic (exact) mass is 294 g/mol. The maximum atomic E-state index is 11.8. The lowest BCUT2D eigenvalue weighted by atomic mass is 10.0. The topological polar surface area (TPSA) is 139 Å². The summed E-state index contributed by atoms with van der Waals surface area (Å²) >= 11 is 0. The van der Waals surface area contributed by atoms with Crippen LogP contribution in [0.1, 0.15) is 28.4 Å². The van der Waals surface area contributed by atoms with Gasteiger partial charge in [0.05, 0.1) is 22.1 Å². The van der Waals surface area contributed by atoms with E-state index in [1.54, 1.807) is 6.92 Å². The molecule has 106 valence electrons. The molecular formula is C12H14N4O3S. The van der Waals surface area contributed by atoms with E-state index in [0.717, 1.165) is 12.3 Å². The lowest BCUT2D eigenvalue weighted by Gasteiger charge is -2.09. The Morgan fingerprint density at radius 1 is 1.40 bits per heavy atom. The lowest BCUT2D eigenvalue weighted by Crippen LogP contribution is -2.24. The van der Waals surface area contributed by atoms with E-state index >= 15 is 0 Å². The van der Waals surface area contributed by atoms with Gasteiger partial charge in [-0.15, -0.1) is 0 Å². The number of guanidine groups is 1. The number of benzene rings is 1. The largest absolute Gasteiger partial charge is 0.370 e. The Labute approximate surface area is 116 Å². The highest BCUT2D eigenvalue weighted by atomic mass is 32.2. The minimum Gasteiger partial charge on any atom is -0.370 e. The molecule has 1 rings (SSSR count). The molecule has 0 heterocycles. The van der Waals surface area contributed by atoms with Gasteiger partial charge in [-0.1, -0.05) is 6.92 Å². The van der Waals surface area contributed by atoms with Gasteiger partial charge in [-0.25, -0.2) is 8.42 Å². The molecule has 0 saturated carbocycles. The number of nitrogens with zero attached hydrogens (tertiary/aromatic N) is 2. The van der Waals surface area contributed by atoms with Crippen LogP contribution in [0.5, 0.6) is 0 Å². The van der Waals surface area contributed by atoms with Crippen molar-refractivity contribution in [1.29, 1.82) is 5.26 Å². The van der Waals surface area contributed by atoms with Crippen molar-refractivity contribution < 1.29 is 13.2 Å². The van der Waals surface area contributed by atoms with Crippen LogP contribution in [-0.2, 0) is 16.3 Å². The molecule has 0 aromatic heterocycles. The van der Waals surface area contributed by atoms with Crippen molar-refractivity contribution in [1.82, 2.24) is 0 Å². The van der Waals surface area contributed by atoms with Crippen LogP contribution >= 0.6 is 0 Å². The van der Waals surface area contributed by atoms with Gasteiger partial charge in [-0.05, 0) is 24.1 Å². The molecule has 0 bridgehead atoms. The van der Waals surface area contributed by atoms with Gasteiger partial charge in [0.15, 0.2) is 15.8 Å². The standard InChI is InChI=1S/C12H14N4O3S/c1-3-7-4-8(6-13)9(11(17)16-12(14)15)5-10(7)20(2,18)19/h4-5H,3H2,1-2H3,(H4,14,15,16,17). The summed E-state index contributed by atoms with van der Waals surface area (Å²) in [6.07, 6.45) is 1.44. The maximum Gasteiger partial charge on any atom is 0.281 e. The minimum absolute atomic E-state index is 0.00635. The molecule has 0 radical (unpaired) electrons. The van der Waals surface area contributed by atoms with Gasteiger partial charge in [-0.2, -0.15) is 10.3 Å². The van der Waals surface area contributed by atoms with E-state index in [1.807, 2.05) is 6.07 Å². The molecule has 1 amide bonds. The number of aliphatic imine (C=N–C) groups is 1. The number of aryl methyl sites for hydroxylation is 1. The summed E-state index contributed by atoms with van der Waals surface area (Å²) in [6.45, 7) is 1.75. The molecule has 1 aromatic carbocycles. The van der Waals surface area contributed by atoms with Crippen LogP contribution in [0.25, 0.3) is 0 Å². The minimum atomic E-state index is -3.53. The van der Waals surface area contributed by atoms with Crippen LogP contribution < -0.4 is 11.5 Å². The first-order valence-electron chi connectivity index (χ1n) is 5.61. The zero-order valence-electron chi connectivity index (χ0n) is 11.0. The number of hydrogen-bond acceptors (Lipinski definition) is 4. The Kier molecular flexibility index (Phi) is 4.47. The molecular weight excluding hydrogens is 280 g/mol. The molecule has 0 fully saturated rings. The lowest BCUT2D eigenvalue weighted by molar-refractivity contribution is 0.100. The highest BCUT2D eigenvalue weighted by Gasteiger charge is 2.20. The zero-order valence-corrected chi connectivity index (χ0v) is 11.9. The molecule has 0 unspecified atom stereocenters. The molecule has 7 nitrogen and oxygen atoms in total. The number of nitriles is 1. The van der Waals surface area contributed by atoms with Crippen LogP contribution in [0.3, 0.4) is 0 Å². The number of nitrogens with two attached hydrogens (primary N) is 2. The Balaban J connectivity index is 3.66. The number of sulfone groups is 1. The van der Waals surface area contributed by atoms with Gasteiger partial charge in [0.1, 0.15) is 0 Å². The van der Waals surface area contributed by atoms with Crippen LogP contribution in [0.4, 0.5) is 0 Å². The normalized spacial score (nSPS) is 10.7. The molecule has 4 N–H and O–H groups in total. The van der Waals surface area contributed by atoms with Crippen molar-refractivity contribution in [2.75, 3.05) is 6.26 Å². The van der Waals surface area contributed by atoms with E-state index < -0.39 is 21.7 Å². The van der Waals surface area contributed by atoms with Crippen molar-refractivity contribution in [3.63, 3.8) is 0 Å². The molecule has 0 atom stereocenters. The third-order valence-corrected chi connectivity index (χ3v) is 3.74. The number of hydrogen-bond donors (Lipinski definition) is 2. The average molecular weight is 294 g/mol. The molecule has 0 saturated heterocycles. The summed E-state index contributed by atoms with van der Waals surface area (Å²) in [5.74, 6) is -1.31. The van der Waals surface area contributed by atoms with E-state index in [0.29, 0.717) is 12.0 Å². The van der Waals surface area contributed by atoms with Gasteiger partial charge in [0, 0.05) is 6.26 Å². The Bertz CT molecular complexity index is 726. The summed E-state index contributed by atoms with van der Waals surface area (Å²) in [5, 5.41) is 9.05. The first kappa shape index (κ1) is 15.7. The Hall–Kier alpha value is -2.40. The van der Waals surface area contributed by atoms with Gasteiger partial charge in [-0.3, -0.25) is 4.79 Å². The summed E-state index contributed by atoms with van der Waals surface area (Å²) < 4.78 is 23.5. The van der Waals surface area contributed by atoms with Gasteiger partial charge in [0.25, 0.3) is 5.91 Å². The molecule has 0 aliphatic rings. The van der Waals surface area contributed by atoms with Crippen LogP contribution in [-0.4, -0.2) is 26.5 Å². The van der Waals surface area contributed by atoms with Crippen molar-refractivity contribution >= 4 is 21.7 Å².